The summed E-state index contributed by atoms with van der Waals surface area (Å²) in [7, 11) is 0. The number of hydrogen-bond donors (Lipinski definition) is 2. The Balaban J connectivity index is 0.00000242. The molecule has 0 amide bonds. The molecule has 1 saturated heterocycles. The van der Waals surface area contributed by atoms with E-state index in [1.54, 1.807) is 0 Å². The molecule has 2 unspecified atom stereocenters. The van der Waals surface area contributed by atoms with E-state index < -0.39 is 11.6 Å². The van der Waals surface area contributed by atoms with Crippen molar-refractivity contribution in [2.75, 3.05) is 18.5 Å². The van der Waals surface area contributed by atoms with E-state index in [0.717, 1.165) is 31.2 Å². The summed E-state index contributed by atoms with van der Waals surface area (Å²) >= 11 is 0. The van der Waals surface area contributed by atoms with Gasteiger partial charge in [0.25, 0.3) is 0 Å². The lowest BCUT2D eigenvalue weighted by molar-refractivity contribution is 0.0559. The Bertz CT molecular complexity index is 526. The van der Waals surface area contributed by atoms with Crippen molar-refractivity contribution >= 4 is 35.6 Å². The minimum atomic E-state index is -0.571. The molecule has 1 heterocycles. The van der Waals surface area contributed by atoms with Gasteiger partial charge in [-0.2, -0.15) is 0 Å². The van der Waals surface area contributed by atoms with Crippen molar-refractivity contribution in [1.29, 1.82) is 0 Å². The van der Waals surface area contributed by atoms with Crippen LogP contribution in [0.5, 0.6) is 0 Å². The lowest BCUT2D eigenvalue weighted by atomic mass is 9.93. The second kappa shape index (κ2) is 8.61. The van der Waals surface area contributed by atoms with Gasteiger partial charge in [-0.3, -0.25) is 4.99 Å². The molecular weight excluding hydrogens is 403 g/mol. The average Bonchev–Trinajstić information content (AvgIpc) is 2.89. The first kappa shape index (κ1) is 19.1. The van der Waals surface area contributed by atoms with Crippen LogP contribution < -0.4 is 11.1 Å². The van der Waals surface area contributed by atoms with Gasteiger partial charge < -0.3 is 15.8 Å². The van der Waals surface area contributed by atoms with E-state index >= 15 is 0 Å². The number of nitrogens with zero attached hydrogens (tertiary/aromatic N) is 1. The molecule has 0 aliphatic carbocycles. The number of guanidine groups is 1. The third-order valence-corrected chi connectivity index (χ3v) is 3.61. The van der Waals surface area contributed by atoms with Gasteiger partial charge in [-0.25, -0.2) is 8.78 Å². The van der Waals surface area contributed by atoms with Crippen LogP contribution in [0.1, 0.15) is 20.3 Å². The first-order valence-corrected chi connectivity index (χ1v) is 7.11. The van der Waals surface area contributed by atoms with Crippen LogP contribution in [0.3, 0.4) is 0 Å². The fourth-order valence-corrected chi connectivity index (χ4v) is 2.57. The number of hydrogen-bond acceptors (Lipinski definition) is 2. The number of rotatable bonds is 4. The van der Waals surface area contributed by atoms with Crippen molar-refractivity contribution in [3.05, 3.63) is 29.8 Å². The van der Waals surface area contributed by atoms with Gasteiger partial charge in [0.15, 0.2) is 5.96 Å². The SMILES string of the molecule is CC(C)C1OCCC1CN=C(N)Nc1cc(F)ccc1F.I. The Morgan fingerprint density at radius 2 is 2.18 bits per heavy atom. The molecule has 4 nitrogen and oxygen atoms in total. The summed E-state index contributed by atoms with van der Waals surface area (Å²) in [5.74, 6) is -0.297. The number of halogens is 3. The predicted octanol–water partition coefficient (Wildman–Crippen LogP) is 3.37. The highest BCUT2D eigenvalue weighted by molar-refractivity contribution is 14.0. The predicted molar refractivity (Wildman–Crippen MR) is 94.6 cm³/mol. The van der Waals surface area contributed by atoms with Crippen molar-refractivity contribution in [1.82, 2.24) is 0 Å². The molecule has 22 heavy (non-hydrogen) atoms. The van der Waals surface area contributed by atoms with Crippen LogP contribution in [-0.4, -0.2) is 25.2 Å². The monoisotopic (exact) mass is 425 g/mol. The molecule has 2 rings (SSSR count). The summed E-state index contributed by atoms with van der Waals surface area (Å²) in [4.78, 5) is 4.22. The summed E-state index contributed by atoms with van der Waals surface area (Å²) in [5.41, 5.74) is 5.72. The first-order chi connectivity index (χ1) is 9.97. The second-order valence-corrected chi connectivity index (χ2v) is 5.60. The Morgan fingerprint density at radius 1 is 1.45 bits per heavy atom. The quantitative estimate of drug-likeness (QED) is 0.442. The Morgan fingerprint density at radius 3 is 2.86 bits per heavy atom. The van der Waals surface area contributed by atoms with Crippen LogP contribution in [0, 0.1) is 23.5 Å². The minimum absolute atomic E-state index is 0. The molecular formula is C15H22F2IN3O. The number of nitrogens with one attached hydrogen (secondary N) is 1. The maximum Gasteiger partial charge on any atom is 0.193 e. The fraction of sp³-hybridized carbons (Fsp3) is 0.533. The number of ether oxygens (including phenoxy) is 1. The largest absolute Gasteiger partial charge is 0.378 e. The Kier molecular flexibility index (Phi) is 7.47. The number of anilines is 1. The maximum atomic E-state index is 13.5. The molecule has 1 fully saturated rings. The summed E-state index contributed by atoms with van der Waals surface area (Å²) in [6.07, 6.45) is 1.11. The van der Waals surface area contributed by atoms with Crippen molar-refractivity contribution in [3.63, 3.8) is 0 Å². The molecule has 2 atom stereocenters. The van der Waals surface area contributed by atoms with Gasteiger partial charge in [0, 0.05) is 25.1 Å². The van der Waals surface area contributed by atoms with Gasteiger partial charge in [-0.15, -0.1) is 24.0 Å². The van der Waals surface area contributed by atoms with Crippen molar-refractivity contribution in [2.45, 2.75) is 26.4 Å². The normalized spacial score (nSPS) is 21.8. The van der Waals surface area contributed by atoms with E-state index in [4.69, 9.17) is 10.5 Å². The molecule has 0 radical (unpaired) electrons. The van der Waals surface area contributed by atoms with Gasteiger partial charge in [0.2, 0.25) is 0 Å². The number of benzene rings is 1. The third-order valence-electron chi connectivity index (χ3n) is 3.61. The molecule has 0 aromatic heterocycles. The van der Waals surface area contributed by atoms with Crippen LogP contribution in [0.15, 0.2) is 23.2 Å². The average molecular weight is 425 g/mol. The zero-order valence-corrected chi connectivity index (χ0v) is 15.0. The summed E-state index contributed by atoms with van der Waals surface area (Å²) in [6, 6.07) is 3.15. The van der Waals surface area contributed by atoms with Gasteiger partial charge >= 0.3 is 0 Å². The van der Waals surface area contributed by atoms with E-state index in [2.05, 4.69) is 24.2 Å². The molecule has 7 heteroatoms. The van der Waals surface area contributed by atoms with E-state index in [-0.39, 0.29) is 41.7 Å². The van der Waals surface area contributed by atoms with Gasteiger partial charge in [0.1, 0.15) is 11.6 Å². The number of aliphatic imine (C=N–C) groups is 1. The van der Waals surface area contributed by atoms with Crippen LogP contribution in [-0.2, 0) is 4.74 Å². The van der Waals surface area contributed by atoms with Gasteiger partial charge in [-0.1, -0.05) is 13.8 Å². The summed E-state index contributed by atoms with van der Waals surface area (Å²) in [6.45, 7) is 5.46. The minimum Gasteiger partial charge on any atom is -0.378 e. The fourth-order valence-electron chi connectivity index (χ4n) is 2.57. The van der Waals surface area contributed by atoms with Crippen LogP contribution in [0.25, 0.3) is 0 Å². The molecule has 0 bridgehead atoms. The Labute approximate surface area is 146 Å². The zero-order valence-electron chi connectivity index (χ0n) is 12.7. The van der Waals surface area contributed by atoms with Crippen molar-refractivity contribution < 1.29 is 13.5 Å². The smallest absolute Gasteiger partial charge is 0.193 e. The molecule has 3 N–H and O–H groups in total. The second-order valence-electron chi connectivity index (χ2n) is 5.60. The standard InChI is InChI=1S/C15H21F2N3O.HI/c1-9(2)14-10(5-6-21-14)8-19-15(18)20-13-7-11(16)3-4-12(13)17;/h3-4,7,9-10,14H,5-6,8H2,1-2H3,(H3,18,19,20);1H. The molecule has 0 saturated carbocycles. The lowest BCUT2D eigenvalue weighted by Crippen LogP contribution is -2.28. The van der Waals surface area contributed by atoms with Gasteiger partial charge in [0.05, 0.1) is 11.8 Å². The molecule has 0 spiro atoms. The van der Waals surface area contributed by atoms with E-state index in [0.29, 0.717) is 18.4 Å². The topological polar surface area (TPSA) is 59.6 Å². The van der Waals surface area contributed by atoms with Crippen molar-refractivity contribution in [2.24, 2.45) is 22.6 Å². The van der Waals surface area contributed by atoms with Crippen molar-refractivity contribution in [3.8, 4) is 0 Å². The third kappa shape index (κ3) is 5.05. The Hall–Kier alpha value is -0.960. The molecule has 1 aliphatic heterocycles. The maximum absolute atomic E-state index is 13.5. The summed E-state index contributed by atoms with van der Waals surface area (Å²) in [5, 5.41) is 2.59. The molecule has 124 valence electrons. The van der Waals surface area contributed by atoms with E-state index in [1.807, 2.05) is 0 Å². The first-order valence-electron chi connectivity index (χ1n) is 7.11. The summed E-state index contributed by atoms with van der Waals surface area (Å²) < 4.78 is 32.2. The highest BCUT2D eigenvalue weighted by Gasteiger charge is 2.30. The number of nitrogens with two attached hydrogens (primary N) is 1. The highest BCUT2D eigenvalue weighted by Crippen LogP contribution is 2.27. The van der Waals surface area contributed by atoms with E-state index in [1.165, 1.54) is 0 Å². The van der Waals surface area contributed by atoms with Crippen LogP contribution in [0.4, 0.5) is 14.5 Å². The molecule has 1 aromatic rings. The van der Waals surface area contributed by atoms with Crippen LogP contribution in [0.2, 0.25) is 0 Å². The van der Waals surface area contributed by atoms with E-state index in [9.17, 15) is 8.78 Å². The highest BCUT2D eigenvalue weighted by atomic mass is 127. The lowest BCUT2D eigenvalue weighted by Gasteiger charge is -2.20. The van der Waals surface area contributed by atoms with Gasteiger partial charge in [-0.05, 0) is 24.5 Å². The zero-order chi connectivity index (χ0) is 15.4. The van der Waals surface area contributed by atoms with Crippen LogP contribution >= 0.6 is 24.0 Å². The molecule has 1 aliphatic rings. The molecule has 1 aromatic carbocycles.